The fourth-order valence-corrected chi connectivity index (χ4v) is 2.56. The molecule has 16 heavy (non-hydrogen) atoms. The van der Waals surface area contributed by atoms with E-state index in [1.165, 1.54) is 24.1 Å². The molecule has 1 unspecified atom stereocenters. The van der Waals surface area contributed by atoms with Gasteiger partial charge in [-0.1, -0.05) is 25.0 Å². The van der Waals surface area contributed by atoms with Crippen molar-refractivity contribution in [2.45, 2.75) is 44.6 Å². The molecule has 0 aliphatic heterocycles. The number of hydrogen-bond acceptors (Lipinski definition) is 3. The van der Waals surface area contributed by atoms with Gasteiger partial charge in [-0.2, -0.15) is 0 Å². The van der Waals surface area contributed by atoms with Gasteiger partial charge in [0.05, 0.1) is 0 Å². The first-order valence-corrected chi connectivity index (χ1v) is 6.84. The highest BCUT2D eigenvalue weighted by molar-refractivity contribution is 7.09. The molecule has 1 rings (SSSR count). The molecule has 1 aromatic heterocycles. The zero-order valence-corrected chi connectivity index (χ0v) is 10.6. The zero-order chi connectivity index (χ0) is 11.6. The van der Waals surface area contributed by atoms with Crippen molar-refractivity contribution in [3.05, 3.63) is 35.0 Å². The molecule has 0 spiro atoms. The second kappa shape index (κ2) is 8.50. The maximum atomic E-state index is 5.57. The van der Waals surface area contributed by atoms with Crippen LogP contribution in [0.5, 0.6) is 0 Å². The maximum Gasteiger partial charge on any atom is 0.0258 e. The Hall–Kier alpha value is -0.640. The average Bonchev–Trinajstić information content (AvgIpc) is 2.80. The summed E-state index contributed by atoms with van der Waals surface area (Å²) < 4.78 is 0. The lowest BCUT2D eigenvalue weighted by molar-refractivity contribution is 0.467. The molecule has 1 aromatic rings. The Kier molecular flexibility index (Phi) is 7.14. The smallest absolute Gasteiger partial charge is 0.0258 e. The van der Waals surface area contributed by atoms with Crippen LogP contribution in [0.2, 0.25) is 0 Å². The normalized spacial score (nSPS) is 12.6. The van der Waals surface area contributed by atoms with Crippen molar-refractivity contribution in [3.8, 4) is 0 Å². The van der Waals surface area contributed by atoms with E-state index in [0.29, 0.717) is 6.04 Å². The minimum Gasteiger partial charge on any atom is -0.271 e. The van der Waals surface area contributed by atoms with Crippen LogP contribution in [0.3, 0.4) is 0 Å². The van der Waals surface area contributed by atoms with Gasteiger partial charge in [0.2, 0.25) is 0 Å². The Morgan fingerprint density at radius 3 is 2.94 bits per heavy atom. The van der Waals surface area contributed by atoms with Gasteiger partial charge in [0, 0.05) is 10.9 Å². The Morgan fingerprint density at radius 1 is 1.44 bits per heavy atom. The molecule has 0 saturated carbocycles. The number of nitrogens with two attached hydrogens (primary N) is 1. The van der Waals surface area contributed by atoms with Crippen molar-refractivity contribution < 1.29 is 0 Å². The molecule has 0 saturated heterocycles. The number of nitrogens with one attached hydrogen (secondary N) is 1. The van der Waals surface area contributed by atoms with Crippen molar-refractivity contribution in [2.75, 3.05) is 0 Å². The summed E-state index contributed by atoms with van der Waals surface area (Å²) in [4.78, 5) is 1.41. The van der Waals surface area contributed by atoms with E-state index in [4.69, 9.17) is 5.84 Å². The van der Waals surface area contributed by atoms with Gasteiger partial charge in [0.15, 0.2) is 0 Å². The van der Waals surface area contributed by atoms with Crippen LogP contribution in [-0.4, -0.2) is 6.04 Å². The number of hydrogen-bond donors (Lipinski definition) is 2. The molecule has 0 aliphatic rings. The van der Waals surface area contributed by atoms with E-state index in [1.807, 2.05) is 6.08 Å². The molecule has 0 radical (unpaired) electrons. The highest BCUT2D eigenvalue weighted by Crippen LogP contribution is 2.14. The molecule has 1 heterocycles. The summed E-state index contributed by atoms with van der Waals surface area (Å²) in [5.74, 6) is 5.57. The van der Waals surface area contributed by atoms with Crippen molar-refractivity contribution in [2.24, 2.45) is 5.84 Å². The average molecular weight is 238 g/mol. The molecule has 3 N–H and O–H groups in total. The molecule has 3 heteroatoms. The Bertz CT molecular complexity index is 269. The summed E-state index contributed by atoms with van der Waals surface area (Å²) >= 11 is 1.81. The SMILES string of the molecule is C=CCCCCCC(Cc1cccs1)NN. The summed E-state index contributed by atoms with van der Waals surface area (Å²) in [6.07, 6.45) is 9.10. The van der Waals surface area contributed by atoms with E-state index in [1.54, 1.807) is 11.3 Å². The molecule has 2 nitrogen and oxygen atoms in total. The van der Waals surface area contributed by atoms with Crippen LogP contribution in [0.25, 0.3) is 0 Å². The summed E-state index contributed by atoms with van der Waals surface area (Å²) in [7, 11) is 0. The minimum atomic E-state index is 0.419. The standard InChI is InChI=1S/C13H22N2S/c1-2-3-4-5-6-8-12(15-14)11-13-9-7-10-16-13/h2,7,9-10,12,15H,1,3-6,8,11,14H2. The summed E-state index contributed by atoms with van der Waals surface area (Å²) in [6, 6.07) is 4.69. The quantitative estimate of drug-likeness (QED) is 0.300. The highest BCUT2D eigenvalue weighted by Gasteiger charge is 2.07. The van der Waals surface area contributed by atoms with Crippen LogP contribution in [-0.2, 0) is 6.42 Å². The summed E-state index contributed by atoms with van der Waals surface area (Å²) in [5, 5.41) is 2.12. The van der Waals surface area contributed by atoms with Gasteiger partial charge in [0.25, 0.3) is 0 Å². The van der Waals surface area contributed by atoms with Crippen molar-refractivity contribution in [1.82, 2.24) is 5.43 Å². The molecule has 0 amide bonds. The van der Waals surface area contributed by atoms with E-state index in [9.17, 15) is 0 Å². The third-order valence-electron chi connectivity index (χ3n) is 2.72. The minimum absolute atomic E-state index is 0.419. The van der Waals surface area contributed by atoms with Gasteiger partial charge >= 0.3 is 0 Å². The lowest BCUT2D eigenvalue weighted by Gasteiger charge is -2.14. The van der Waals surface area contributed by atoms with E-state index in [0.717, 1.165) is 19.3 Å². The van der Waals surface area contributed by atoms with E-state index in [2.05, 4.69) is 29.5 Å². The number of unbranched alkanes of at least 4 members (excludes halogenated alkanes) is 3. The van der Waals surface area contributed by atoms with Gasteiger partial charge in [-0.25, -0.2) is 0 Å². The van der Waals surface area contributed by atoms with Crippen LogP contribution in [0.15, 0.2) is 30.2 Å². The topological polar surface area (TPSA) is 38.0 Å². The largest absolute Gasteiger partial charge is 0.271 e. The zero-order valence-electron chi connectivity index (χ0n) is 9.82. The predicted molar refractivity (Wildman–Crippen MR) is 72.4 cm³/mol. The third kappa shape index (κ3) is 5.45. The fraction of sp³-hybridized carbons (Fsp3) is 0.538. The highest BCUT2D eigenvalue weighted by atomic mass is 32.1. The number of rotatable bonds is 9. The van der Waals surface area contributed by atoms with E-state index in [-0.39, 0.29) is 0 Å². The first kappa shape index (κ1) is 13.4. The van der Waals surface area contributed by atoms with Crippen LogP contribution in [0.1, 0.15) is 37.0 Å². The fourth-order valence-electron chi connectivity index (χ4n) is 1.77. The number of hydrazine groups is 1. The second-order valence-corrected chi connectivity index (χ2v) is 5.11. The molecular formula is C13H22N2S. The van der Waals surface area contributed by atoms with Gasteiger partial charge in [-0.3, -0.25) is 11.3 Å². The van der Waals surface area contributed by atoms with Crippen LogP contribution >= 0.6 is 11.3 Å². The molecular weight excluding hydrogens is 216 g/mol. The molecule has 1 atom stereocenters. The van der Waals surface area contributed by atoms with Crippen LogP contribution in [0, 0.1) is 0 Å². The lowest BCUT2D eigenvalue weighted by atomic mass is 10.0. The maximum absolute atomic E-state index is 5.57. The summed E-state index contributed by atoms with van der Waals surface area (Å²) in [5.41, 5.74) is 2.92. The molecule has 0 aliphatic carbocycles. The second-order valence-electron chi connectivity index (χ2n) is 4.07. The Labute approximate surface area is 103 Å². The van der Waals surface area contributed by atoms with E-state index >= 15 is 0 Å². The van der Waals surface area contributed by atoms with Crippen LogP contribution in [0.4, 0.5) is 0 Å². The van der Waals surface area contributed by atoms with E-state index < -0.39 is 0 Å². The first-order chi connectivity index (χ1) is 7.86. The monoisotopic (exact) mass is 238 g/mol. The number of thiophene rings is 1. The van der Waals surface area contributed by atoms with Crippen LogP contribution < -0.4 is 11.3 Å². The van der Waals surface area contributed by atoms with Crippen molar-refractivity contribution >= 4 is 11.3 Å². The molecule has 0 fully saturated rings. The Morgan fingerprint density at radius 2 is 2.31 bits per heavy atom. The molecule has 0 bridgehead atoms. The Balaban J connectivity index is 2.14. The van der Waals surface area contributed by atoms with Gasteiger partial charge in [-0.15, -0.1) is 17.9 Å². The van der Waals surface area contributed by atoms with Gasteiger partial charge in [-0.05, 0) is 37.1 Å². The lowest BCUT2D eigenvalue weighted by Crippen LogP contribution is -2.36. The first-order valence-electron chi connectivity index (χ1n) is 5.96. The molecule has 0 aromatic carbocycles. The predicted octanol–water partition coefficient (Wildman–Crippen LogP) is 3.26. The third-order valence-corrected chi connectivity index (χ3v) is 3.62. The van der Waals surface area contributed by atoms with Crippen molar-refractivity contribution in [1.29, 1.82) is 0 Å². The van der Waals surface area contributed by atoms with Gasteiger partial charge < -0.3 is 0 Å². The summed E-state index contributed by atoms with van der Waals surface area (Å²) in [6.45, 7) is 3.73. The molecule has 90 valence electrons. The number of allylic oxidation sites excluding steroid dienone is 1. The van der Waals surface area contributed by atoms with Gasteiger partial charge in [0.1, 0.15) is 0 Å². The van der Waals surface area contributed by atoms with Crippen molar-refractivity contribution in [3.63, 3.8) is 0 Å².